The number of rotatable bonds is 7. The van der Waals surface area contributed by atoms with Crippen LogP contribution in [0, 0.1) is 6.92 Å². The van der Waals surface area contributed by atoms with E-state index in [1.807, 2.05) is 0 Å². The van der Waals surface area contributed by atoms with Crippen molar-refractivity contribution in [2.45, 2.75) is 52.2 Å². The smallest absolute Gasteiger partial charge is 0.191 e. The van der Waals surface area contributed by atoms with Crippen LogP contribution in [-0.2, 0) is 6.54 Å². The van der Waals surface area contributed by atoms with E-state index in [0.717, 1.165) is 25.1 Å². The molecule has 4 heteroatoms. The number of likely N-dealkylation sites (N-methyl/N-ethyl adjacent to an activating group) is 1. The van der Waals surface area contributed by atoms with Crippen LogP contribution >= 0.6 is 0 Å². The van der Waals surface area contributed by atoms with Gasteiger partial charge in [-0.25, -0.2) is 4.99 Å². The van der Waals surface area contributed by atoms with Crippen molar-refractivity contribution in [3.8, 4) is 0 Å². The Morgan fingerprint density at radius 1 is 1.36 bits per heavy atom. The first-order valence-electron chi connectivity index (χ1n) is 8.39. The molecule has 0 aliphatic heterocycles. The summed E-state index contributed by atoms with van der Waals surface area (Å²) in [6, 6.07) is 9.85. The van der Waals surface area contributed by atoms with Crippen molar-refractivity contribution >= 4 is 5.96 Å². The van der Waals surface area contributed by atoms with Crippen molar-refractivity contribution < 1.29 is 0 Å². The zero-order valence-electron chi connectivity index (χ0n) is 14.4. The molecule has 0 amide bonds. The highest BCUT2D eigenvalue weighted by molar-refractivity contribution is 5.79. The predicted octanol–water partition coefficient (Wildman–Crippen LogP) is 2.53. The van der Waals surface area contributed by atoms with Gasteiger partial charge in [-0.1, -0.05) is 29.8 Å². The summed E-state index contributed by atoms with van der Waals surface area (Å²) in [6.07, 6.45) is 2.70. The van der Waals surface area contributed by atoms with E-state index in [9.17, 15) is 0 Å². The standard InChI is InChI=1S/C18H30N4/c1-5-19-18(20-12-15(3)22(4)17-9-10-17)21-13-16-8-6-7-14(2)11-16/h6-8,11,15,17H,5,9-10,12-13H2,1-4H3,(H2,19,20,21). The van der Waals surface area contributed by atoms with Gasteiger partial charge >= 0.3 is 0 Å². The van der Waals surface area contributed by atoms with Gasteiger partial charge in [-0.2, -0.15) is 0 Å². The fourth-order valence-corrected chi connectivity index (χ4v) is 2.55. The third-order valence-corrected chi connectivity index (χ3v) is 4.23. The minimum Gasteiger partial charge on any atom is -0.357 e. The van der Waals surface area contributed by atoms with Gasteiger partial charge < -0.3 is 10.6 Å². The molecule has 1 fully saturated rings. The SMILES string of the molecule is CCNC(=NCc1cccc(C)c1)NCC(C)N(C)C1CC1. The summed E-state index contributed by atoms with van der Waals surface area (Å²) in [5.74, 6) is 0.903. The molecule has 22 heavy (non-hydrogen) atoms. The molecule has 1 aliphatic rings. The Morgan fingerprint density at radius 2 is 2.14 bits per heavy atom. The molecule has 1 aromatic carbocycles. The largest absolute Gasteiger partial charge is 0.357 e. The van der Waals surface area contributed by atoms with Crippen molar-refractivity contribution in [2.75, 3.05) is 20.1 Å². The van der Waals surface area contributed by atoms with E-state index in [1.54, 1.807) is 0 Å². The van der Waals surface area contributed by atoms with E-state index < -0.39 is 0 Å². The number of hydrogen-bond acceptors (Lipinski definition) is 2. The lowest BCUT2D eigenvalue weighted by molar-refractivity contribution is 0.247. The van der Waals surface area contributed by atoms with Crippen LogP contribution in [0.5, 0.6) is 0 Å². The lowest BCUT2D eigenvalue weighted by atomic mass is 10.1. The highest BCUT2D eigenvalue weighted by atomic mass is 15.2. The minimum atomic E-state index is 0.523. The van der Waals surface area contributed by atoms with Gasteiger partial charge in [-0.15, -0.1) is 0 Å². The molecule has 0 heterocycles. The number of benzene rings is 1. The molecule has 0 bridgehead atoms. The molecule has 0 spiro atoms. The second kappa shape index (κ2) is 8.18. The molecule has 0 aromatic heterocycles. The van der Waals surface area contributed by atoms with Gasteiger partial charge in [0.2, 0.25) is 0 Å². The van der Waals surface area contributed by atoms with Crippen LogP contribution < -0.4 is 10.6 Å². The molecule has 0 radical (unpaired) electrons. The average molecular weight is 302 g/mol. The topological polar surface area (TPSA) is 39.7 Å². The van der Waals surface area contributed by atoms with Crippen molar-refractivity contribution in [2.24, 2.45) is 4.99 Å². The summed E-state index contributed by atoms with van der Waals surface area (Å²) in [5, 5.41) is 6.79. The highest BCUT2D eigenvalue weighted by Gasteiger charge is 2.28. The number of aliphatic imine (C=N–C) groups is 1. The number of nitrogens with zero attached hydrogens (tertiary/aromatic N) is 2. The van der Waals surface area contributed by atoms with E-state index in [1.165, 1.54) is 24.0 Å². The van der Waals surface area contributed by atoms with Gasteiger partial charge in [0.15, 0.2) is 5.96 Å². The summed E-state index contributed by atoms with van der Waals surface area (Å²) < 4.78 is 0. The van der Waals surface area contributed by atoms with Gasteiger partial charge in [0.1, 0.15) is 0 Å². The molecule has 4 nitrogen and oxygen atoms in total. The van der Waals surface area contributed by atoms with Crippen LogP contribution in [0.4, 0.5) is 0 Å². The molecule has 1 atom stereocenters. The van der Waals surface area contributed by atoms with Crippen LogP contribution in [0.3, 0.4) is 0 Å². The molecule has 2 rings (SSSR count). The second-order valence-corrected chi connectivity index (χ2v) is 6.31. The first-order valence-corrected chi connectivity index (χ1v) is 8.39. The highest BCUT2D eigenvalue weighted by Crippen LogP contribution is 2.26. The van der Waals surface area contributed by atoms with Crippen LogP contribution in [0.2, 0.25) is 0 Å². The van der Waals surface area contributed by atoms with Crippen LogP contribution in [-0.4, -0.2) is 43.1 Å². The Labute approximate surface area is 135 Å². The maximum absolute atomic E-state index is 4.69. The number of nitrogens with one attached hydrogen (secondary N) is 2. The quantitative estimate of drug-likeness (QED) is 0.600. The predicted molar refractivity (Wildman–Crippen MR) is 94.2 cm³/mol. The van der Waals surface area contributed by atoms with Crippen LogP contribution in [0.25, 0.3) is 0 Å². The van der Waals surface area contributed by atoms with E-state index in [-0.39, 0.29) is 0 Å². The molecule has 1 aromatic rings. The Hall–Kier alpha value is -1.55. The summed E-state index contributed by atoms with van der Waals surface area (Å²) >= 11 is 0. The molecule has 122 valence electrons. The fraction of sp³-hybridized carbons (Fsp3) is 0.611. The van der Waals surface area contributed by atoms with Crippen molar-refractivity contribution in [3.63, 3.8) is 0 Å². The molecule has 1 aliphatic carbocycles. The summed E-state index contributed by atoms with van der Waals surface area (Å²) in [7, 11) is 2.22. The monoisotopic (exact) mass is 302 g/mol. The third-order valence-electron chi connectivity index (χ3n) is 4.23. The first kappa shape index (κ1) is 16.8. The Bertz CT molecular complexity index is 494. The van der Waals surface area contributed by atoms with E-state index in [0.29, 0.717) is 12.6 Å². The lowest BCUT2D eigenvalue weighted by Gasteiger charge is -2.25. The number of aryl methyl sites for hydroxylation is 1. The van der Waals surface area contributed by atoms with E-state index >= 15 is 0 Å². The van der Waals surface area contributed by atoms with Gasteiger partial charge in [0, 0.05) is 25.2 Å². The Balaban J connectivity index is 1.86. The van der Waals surface area contributed by atoms with E-state index in [2.05, 4.69) is 67.6 Å². The Morgan fingerprint density at radius 3 is 2.77 bits per heavy atom. The summed E-state index contributed by atoms with van der Waals surface area (Å²) in [6.45, 7) is 9.01. The molecule has 2 N–H and O–H groups in total. The summed E-state index contributed by atoms with van der Waals surface area (Å²) in [5.41, 5.74) is 2.53. The van der Waals surface area contributed by atoms with E-state index in [4.69, 9.17) is 4.99 Å². The molecule has 1 unspecified atom stereocenters. The van der Waals surface area contributed by atoms with Crippen molar-refractivity contribution in [3.05, 3.63) is 35.4 Å². The molecular formula is C18H30N4. The van der Waals surface area contributed by atoms with Gasteiger partial charge in [-0.3, -0.25) is 4.90 Å². The van der Waals surface area contributed by atoms with Gasteiger partial charge in [0.05, 0.1) is 6.54 Å². The maximum Gasteiger partial charge on any atom is 0.191 e. The average Bonchev–Trinajstić information content (AvgIpc) is 3.34. The molecule has 0 saturated heterocycles. The summed E-state index contributed by atoms with van der Waals surface area (Å²) in [4.78, 5) is 7.16. The van der Waals surface area contributed by atoms with Crippen LogP contribution in [0.15, 0.2) is 29.3 Å². The number of guanidine groups is 1. The van der Waals surface area contributed by atoms with Crippen LogP contribution in [0.1, 0.15) is 37.8 Å². The van der Waals surface area contributed by atoms with Gasteiger partial charge in [-0.05, 0) is 46.2 Å². The number of hydrogen-bond donors (Lipinski definition) is 2. The fourth-order valence-electron chi connectivity index (χ4n) is 2.55. The van der Waals surface area contributed by atoms with Crippen molar-refractivity contribution in [1.29, 1.82) is 0 Å². The zero-order valence-corrected chi connectivity index (χ0v) is 14.4. The maximum atomic E-state index is 4.69. The van der Waals surface area contributed by atoms with Gasteiger partial charge in [0.25, 0.3) is 0 Å². The lowest BCUT2D eigenvalue weighted by Crippen LogP contribution is -2.45. The zero-order chi connectivity index (χ0) is 15.9. The second-order valence-electron chi connectivity index (χ2n) is 6.31. The molecule has 1 saturated carbocycles. The first-order chi connectivity index (χ1) is 10.6. The minimum absolute atomic E-state index is 0.523. The normalized spacial score (nSPS) is 16.7. The Kier molecular flexibility index (Phi) is 6.25. The molecular weight excluding hydrogens is 272 g/mol. The van der Waals surface area contributed by atoms with Crippen molar-refractivity contribution in [1.82, 2.24) is 15.5 Å². The third kappa shape index (κ3) is 5.34.